The lowest BCUT2D eigenvalue weighted by atomic mass is 9.83. The number of amides is 2. The van der Waals surface area contributed by atoms with Gasteiger partial charge < -0.3 is 15.7 Å². The van der Waals surface area contributed by atoms with Gasteiger partial charge >= 0.3 is 0 Å². The molecule has 29 heavy (non-hydrogen) atoms. The van der Waals surface area contributed by atoms with E-state index in [0.717, 1.165) is 18.5 Å². The molecule has 1 aromatic heterocycles. The molecule has 3 N–H and O–H groups in total. The fourth-order valence-electron chi connectivity index (χ4n) is 3.70. The lowest BCUT2D eigenvalue weighted by molar-refractivity contribution is -0.127. The van der Waals surface area contributed by atoms with Crippen LogP contribution in [-0.2, 0) is 11.2 Å². The second-order valence-electron chi connectivity index (χ2n) is 7.73. The van der Waals surface area contributed by atoms with E-state index in [1.54, 1.807) is 12.1 Å². The second-order valence-corrected chi connectivity index (χ2v) is 7.73. The van der Waals surface area contributed by atoms with Crippen LogP contribution in [0.1, 0.15) is 47.3 Å². The summed E-state index contributed by atoms with van der Waals surface area (Å²) in [5, 5.41) is 16.3. The predicted molar refractivity (Wildman–Crippen MR) is 111 cm³/mol. The Bertz CT molecular complexity index is 808. The first kappa shape index (κ1) is 21.0. The molecule has 1 aliphatic carbocycles. The molecule has 2 aromatic rings. The number of benzene rings is 1. The summed E-state index contributed by atoms with van der Waals surface area (Å²) in [6.45, 7) is 2.49. The Morgan fingerprint density at radius 2 is 1.93 bits per heavy atom. The van der Waals surface area contributed by atoms with Gasteiger partial charge in [0.25, 0.3) is 5.91 Å². The van der Waals surface area contributed by atoms with Gasteiger partial charge in [-0.15, -0.1) is 0 Å². The van der Waals surface area contributed by atoms with E-state index < -0.39 is 6.10 Å². The number of nitrogens with zero attached hydrogens (tertiary/aromatic N) is 1. The average molecular weight is 396 g/mol. The van der Waals surface area contributed by atoms with Gasteiger partial charge in [-0.3, -0.25) is 14.6 Å². The van der Waals surface area contributed by atoms with Crippen LogP contribution in [0.4, 0.5) is 0 Å². The van der Waals surface area contributed by atoms with Gasteiger partial charge in [-0.1, -0.05) is 30.3 Å². The number of nitrogens with one attached hydrogen (secondary N) is 2. The molecule has 0 spiro atoms. The van der Waals surface area contributed by atoms with E-state index in [9.17, 15) is 14.7 Å². The first-order valence-electron chi connectivity index (χ1n) is 10.3. The Balaban J connectivity index is 1.40. The number of aromatic nitrogens is 1. The van der Waals surface area contributed by atoms with Gasteiger partial charge in [0.15, 0.2) is 0 Å². The van der Waals surface area contributed by atoms with E-state index in [1.807, 2.05) is 25.1 Å². The van der Waals surface area contributed by atoms with E-state index in [-0.39, 0.29) is 23.8 Å². The van der Waals surface area contributed by atoms with Crippen molar-refractivity contribution >= 4 is 11.8 Å². The van der Waals surface area contributed by atoms with Gasteiger partial charge in [-0.25, -0.2) is 0 Å². The first-order valence-corrected chi connectivity index (χ1v) is 10.3. The zero-order valence-corrected chi connectivity index (χ0v) is 16.8. The number of aliphatic hydroxyl groups is 1. The molecule has 0 aliphatic heterocycles. The summed E-state index contributed by atoms with van der Waals surface area (Å²) < 4.78 is 0. The van der Waals surface area contributed by atoms with Gasteiger partial charge in [-0.05, 0) is 56.7 Å². The molecule has 0 saturated heterocycles. The minimum absolute atomic E-state index is 0.00961. The van der Waals surface area contributed by atoms with Crippen LogP contribution in [-0.4, -0.2) is 40.6 Å². The molecule has 0 radical (unpaired) electrons. The lowest BCUT2D eigenvalue weighted by Crippen LogP contribution is -2.49. The van der Waals surface area contributed by atoms with Crippen molar-refractivity contribution < 1.29 is 14.7 Å². The molecule has 1 aromatic carbocycles. The number of aryl methyl sites for hydroxylation is 2. The molecule has 6 nitrogen and oxygen atoms in total. The van der Waals surface area contributed by atoms with Crippen LogP contribution in [0.25, 0.3) is 0 Å². The highest BCUT2D eigenvalue weighted by atomic mass is 16.3. The molecule has 1 fully saturated rings. The van der Waals surface area contributed by atoms with E-state index in [4.69, 9.17) is 0 Å². The second kappa shape index (κ2) is 10.2. The van der Waals surface area contributed by atoms with Crippen molar-refractivity contribution in [2.45, 2.75) is 51.2 Å². The Kier molecular flexibility index (Phi) is 7.36. The van der Waals surface area contributed by atoms with E-state index in [0.29, 0.717) is 31.4 Å². The van der Waals surface area contributed by atoms with Crippen molar-refractivity contribution in [2.24, 2.45) is 5.92 Å². The molecule has 154 valence electrons. The minimum atomic E-state index is -0.730. The standard InChI is InChI=1S/C23H29N3O3/c1-16-9-10-19(15-25-16)23(29)26-20-12-11-18(14-21(20)27)22(28)24-13-5-8-17-6-3-2-4-7-17/h2-4,6-7,9-10,15,18,20-21,27H,5,8,11-14H2,1H3,(H,24,28)(H,26,29)/t18-,20+,21+/m0/s1. The van der Waals surface area contributed by atoms with Crippen LogP contribution in [0.3, 0.4) is 0 Å². The molecule has 1 saturated carbocycles. The third-order valence-corrected chi connectivity index (χ3v) is 5.46. The Morgan fingerprint density at radius 1 is 1.14 bits per heavy atom. The summed E-state index contributed by atoms with van der Waals surface area (Å²) in [6.07, 6.45) is 4.20. The van der Waals surface area contributed by atoms with Gasteiger partial charge in [0.1, 0.15) is 0 Å². The SMILES string of the molecule is Cc1ccc(C(=O)N[C@@H]2CC[C@H](C(=O)NCCCc3ccccc3)C[C@H]2O)cn1. The summed E-state index contributed by atoms with van der Waals surface area (Å²) in [5.41, 5.74) is 2.58. The fourth-order valence-corrected chi connectivity index (χ4v) is 3.70. The van der Waals surface area contributed by atoms with Gasteiger partial charge in [-0.2, -0.15) is 0 Å². The molecular formula is C23H29N3O3. The summed E-state index contributed by atoms with van der Waals surface area (Å²) >= 11 is 0. The lowest BCUT2D eigenvalue weighted by Gasteiger charge is -2.33. The molecule has 3 atom stereocenters. The molecular weight excluding hydrogens is 366 g/mol. The van der Waals surface area contributed by atoms with Crippen LogP contribution < -0.4 is 10.6 Å². The number of carbonyl (C=O) groups excluding carboxylic acids is 2. The summed E-state index contributed by atoms with van der Waals surface area (Å²) in [5.74, 6) is -0.467. The van der Waals surface area contributed by atoms with E-state index in [2.05, 4.69) is 27.8 Å². The van der Waals surface area contributed by atoms with Crippen molar-refractivity contribution in [3.63, 3.8) is 0 Å². The molecule has 1 heterocycles. The maximum Gasteiger partial charge on any atom is 0.253 e. The maximum absolute atomic E-state index is 12.4. The maximum atomic E-state index is 12.4. The molecule has 1 aliphatic rings. The molecule has 2 amide bonds. The smallest absolute Gasteiger partial charge is 0.253 e. The van der Waals surface area contributed by atoms with Crippen molar-refractivity contribution in [3.05, 3.63) is 65.5 Å². The zero-order chi connectivity index (χ0) is 20.6. The van der Waals surface area contributed by atoms with Gasteiger partial charge in [0, 0.05) is 24.4 Å². The summed E-state index contributed by atoms with van der Waals surface area (Å²) in [4.78, 5) is 28.9. The summed E-state index contributed by atoms with van der Waals surface area (Å²) in [7, 11) is 0. The average Bonchev–Trinajstić information content (AvgIpc) is 2.73. The zero-order valence-electron chi connectivity index (χ0n) is 16.8. The van der Waals surface area contributed by atoms with Crippen molar-refractivity contribution in [1.29, 1.82) is 0 Å². The molecule has 3 rings (SSSR count). The fraction of sp³-hybridized carbons (Fsp3) is 0.435. The monoisotopic (exact) mass is 395 g/mol. The predicted octanol–water partition coefficient (Wildman–Crippen LogP) is 2.40. The van der Waals surface area contributed by atoms with Crippen LogP contribution >= 0.6 is 0 Å². The minimum Gasteiger partial charge on any atom is -0.391 e. The van der Waals surface area contributed by atoms with Crippen LogP contribution in [0.15, 0.2) is 48.7 Å². The highest BCUT2D eigenvalue weighted by Crippen LogP contribution is 2.25. The van der Waals surface area contributed by atoms with E-state index in [1.165, 1.54) is 11.8 Å². The number of carbonyl (C=O) groups is 2. The number of hydrogen-bond donors (Lipinski definition) is 3. The third-order valence-electron chi connectivity index (χ3n) is 5.46. The van der Waals surface area contributed by atoms with E-state index >= 15 is 0 Å². The van der Waals surface area contributed by atoms with Gasteiger partial charge in [0.2, 0.25) is 5.91 Å². The topological polar surface area (TPSA) is 91.3 Å². The number of aliphatic hydroxyl groups excluding tert-OH is 1. The Hall–Kier alpha value is -2.73. The highest BCUT2D eigenvalue weighted by molar-refractivity contribution is 5.94. The Morgan fingerprint density at radius 3 is 2.62 bits per heavy atom. The van der Waals surface area contributed by atoms with Gasteiger partial charge in [0.05, 0.1) is 17.7 Å². The highest BCUT2D eigenvalue weighted by Gasteiger charge is 2.33. The molecule has 0 unspecified atom stereocenters. The molecule has 6 heteroatoms. The number of hydrogen-bond acceptors (Lipinski definition) is 4. The van der Waals surface area contributed by atoms with Crippen molar-refractivity contribution in [1.82, 2.24) is 15.6 Å². The number of rotatable bonds is 7. The van der Waals surface area contributed by atoms with Crippen molar-refractivity contribution in [3.8, 4) is 0 Å². The summed E-state index contributed by atoms with van der Waals surface area (Å²) in [6, 6.07) is 13.4. The number of pyridine rings is 1. The van der Waals surface area contributed by atoms with Crippen molar-refractivity contribution in [2.75, 3.05) is 6.54 Å². The first-order chi connectivity index (χ1) is 14.0. The largest absolute Gasteiger partial charge is 0.391 e. The Labute approximate surface area is 171 Å². The van der Waals surface area contributed by atoms with Crippen LogP contribution in [0.2, 0.25) is 0 Å². The van der Waals surface area contributed by atoms with Crippen LogP contribution in [0.5, 0.6) is 0 Å². The van der Waals surface area contributed by atoms with Crippen LogP contribution in [0, 0.1) is 12.8 Å². The normalized spacial score (nSPS) is 21.4. The molecule has 0 bridgehead atoms. The third kappa shape index (κ3) is 6.12. The quantitative estimate of drug-likeness (QED) is 0.628.